The second kappa shape index (κ2) is 4.41. The number of Topliss-reactive ketones (excluding diaryl/α,β-unsaturated/α-hetero) is 1. The number of ketones is 1. The molecule has 0 bridgehead atoms. The zero-order valence-corrected chi connectivity index (χ0v) is 10.1. The van der Waals surface area contributed by atoms with Crippen molar-refractivity contribution in [2.45, 2.75) is 31.6 Å². The number of carbonyl (C=O) groups is 1. The highest BCUT2D eigenvalue weighted by atomic mass is 32.1. The lowest BCUT2D eigenvalue weighted by molar-refractivity contribution is -0.120. The fraction of sp³-hybridized carbons (Fsp3) is 0.417. The van der Waals surface area contributed by atoms with E-state index in [1.165, 1.54) is 0 Å². The van der Waals surface area contributed by atoms with E-state index in [1.807, 2.05) is 17.5 Å². The third-order valence-corrected chi connectivity index (χ3v) is 3.94. The molecule has 88 valence electrons. The first-order valence-corrected chi connectivity index (χ1v) is 6.60. The van der Waals surface area contributed by atoms with E-state index in [0.29, 0.717) is 30.3 Å². The van der Waals surface area contributed by atoms with Gasteiger partial charge in [0.15, 0.2) is 0 Å². The van der Waals surface area contributed by atoms with Crippen LogP contribution in [0.25, 0.3) is 10.7 Å². The molecule has 0 unspecified atom stereocenters. The van der Waals surface area contributed by atoms with Gasteiger partial charge in [-0.3, -0.25) is 4.79 Å². The van der Waals surface area contributed by atoms with Crippen molar-refractivity contribution in [3.05, 3.63) is 23.4 Å². The van der Waals surface area contributed by atoms with Crippen LogP contribution in [0.1, 0.15) is 37.5 Å². The molecule has 1 aliphatic rings. The monoisotopic (exact) mass is 248 g/mol. The van der Waals surface area contributed by atoms with Gasteiger partial charge in [0, 0.05) is 18.8 Å². The third kappa shape index (κ3) is 2.15. The Kier molecular flexibility index (Phi) is 2.76. The summed E-state index contributed by atoms with van der Waals surface area (Å²) in [5.41, 5.74) is 0. The van der Waals surface area contributed by atoms with Crippen molar-refractivity contribution in [3.63, 3.8) is 0 Å². The van der Waals surface area contributed by atoms with Gasteiger partial charge in [0.25, 0.3) is 0 Å². The molecular formula is C12H12N2O2S. The number of carbonyl (C=O) groups excluding carboxylic acids is 1. The maximum atomic E-state index is 11.2. The average molecular weight is 248 g/mol. The molecule has 2 aromatic heterocycles. The zero-order chi connectivity index (χ0) is 11.7. The smallest absolute Gasteiger partial charge is 0.230 e. The van der Waals surface area contributed by atoms with Gasteiger partial charge in [-0.05, 0) is 24.3 Å². The van der Waals surface area contributed by atoms with E-state index in [4.69, 9.17) is 4.52 Å². The van der Waals surface area contributed by atoms with Crippen molar-refractivity contribution in [1.82, 2.24) is 10.1 Å². The lowest BCUT2D eigenvalue weighted by Gasteiger charge is -2.16. The van der Waals surface area contributed by atoms with E-state index in [0.717, 1.165) is 17.7 Å². The van der Waals surface area contributed by atoms with Crippen molar-refractivity contribution in [2.24, 2.45) is 0 Å². The first-order valence-electron chi connectivity index (χ1n) is 5.72. The average Bonchev–Trinajstić information content (AvgIpc) is 3.00. The molecule has 17 heavy (non-hydrogen) atoms. The van der Waals surface area contributed by atoms with Crippen molar-refractivity contribution in [3.8, 4) is 10.7 Å². The van der Waals surface area contributed by atoms with Crippen molar-refractivity contribution < 1.29 is 9.32 Å². The topological polar surface area (TPSA) is 56.0 Å². The molecule has 0 atom stereocenters. The Morgan fingerprint density at radius 2 is 2.18 bits per heavy atom. The Balaban J connectivity index is 1.79. The Morgan fingerprint density at radius 1 is 1.35 bits per heavy atom. The highest BCUT2D eigenvalue weighted by molar-refractivity contribution is 7.13. The zero-order valence-electron chi connectivity index (χ0n) is 9.26. The van der Waals surface area contributed by atoms with Crippen LogP contribution in [-0.2, 0) is 4.79 Å². The van der Waals surface area contributed by atoms with E-state index in [1.54, 1.807) is 11.3 Å². The van der Waals surface area contributed by atoms with Crippen molar-refractivity contribution >= 4 is 17.1 Å². The summed E-state index contributed by atoms with van der Waals surface area (Å²) in [6.07, 6.45) is 2.96. The van der Waals surface area contributed by atoms with Gasteiger partial charge in [-0.25, -0.2) is 0 Å². The molecule has 1 aliphatic carbocycles. The summed E-state index contributed by atoms with van der Waals surface area (Å²) in [5.74, 6) is 1.95. The summed E-state index contributed by atoms with van der Waals surface area (Å²) in [5, 5.41) is 5.98. The number of nitrogens with zero attached hydrogens (tertiary/aromatic N) is 2. The summed E-state index contributed by atoms with van der Waals surface area (Å²) < 4.78 is 5.30. The van der Waals surface area contributed by atoms with Crippen LogP contribution in [0.3, 0.4) is 0 Å². The van der Waals surface area contributed by atoms with Gasteiger partial charge in [0.1, 0.15) is 5.78 Å². The van der Waals surface area contributed by atoms with Gasteiger partial charge in [-0.15, -0.1) is 11.3 Å². The molecule has 1 saturated carbocycles. The lowest BCUT2D eigenvalue weighted by atomic mass is 9.88. The van der Waals surface area contributed by atoms with Crippen LogP contribution in [0.4, 0.5) is 0 Å². The van der Waals surface area contributed by atoms with E-state index in [9.17, 15) is 4.79 Å². The Bertz CT molecular complexity index is 508. The van der Waals surface area contributed by atoms with Gasteiger partial charge < -0.3 is 4.52 Å². The summed E-state index contributed by atoms with van der Waals surface area (Å²) >= 11 is 1.60. The van der Waals surface area contributed by atoms with Crippen LogP contribution in [0.5, 0.6) is 0 Å². The minimum Gasteiger partial charge on any atom is -0.339 e. The molecule has 0 spiro atoms. The van der Waals surface area contributed by atoms with Gasteiger partial charge in [-0.2, -0.15) is 4.98 Å². The third-order valence-electron chi connectivity index (χ3n) is 3.08. The molecule has 0 aliphatic heterocycles. The number of hydrogen-bond acceptors (Lipinski definition) is 5. The van der Waals surface area contributed by atoms with Crippen LogP contribution in [0.15, 0.2) is 22.0 Å². The molecule has 0 aromatic carbocycles. The van der Waals surface area contributed by atoms with Crippen LogP contribution >= 0.6 is 11.3 Å². The number of rotatable bonds is 2. The Morgan fingerprint density at radius 3 is 2.88 bits per heavy atom. The Hall–Kier alpha value is -1.49. The van der Waals surface area contributed by atoms with Gasteiger partial charge in [0.2, 0.25) is 11.7 Å². The van der Waals surface area contributed by atoms with Gasteiger partial charge >= 0.3 is 0 Å². The van der Waals surface area contributed by atoms with E-state index < -0.39 is 0 Å². The summed E-state index contributed by atoms with van der Waals surface area (Å²) in [4.78, 5) is 16.6. The maximum Gasteiger partial charge on any atom is 0.230 e. The van der Waals surface area contributed by atoms with Crippen molar-refractivity contribution in [2.75, 3.05) is 0 Å². The van der Waals surface area contributed by atoms with Crippen molar-refractivity contribution in [1.29, 1.82) is 0 Å². The second-order valence-corrected chi connectivity index (χ2v) is 5.19. The molecule has 0 radical (unpaired) electrons. The Labute approximate surface area is 103 Å². The fourth-order valence-electron chi connectivity index (χ4n) is 2.09. The van der Waals surface area contributed by atoms with Crippen LogP contribution in [0, 0.1) is 0 Å². The maximum absolute atomic E-state index is 11.2. The van der Waals surface area contributed by atoms with Crippen LogP contribution < -0.4 is 0 Å². The molecule has 3 rings (SSSR count). The SMILES string of the molecule is O=C1CCC(c2nc(-c3cccs3)no2)CC1. The largest absolute Gasteiger partial charge is 0.339 e. The highest BCUT2D eigenvalue weighted by Crippen LogP contribution is 2.31. The molecule has 0 N–H and O–H groups in total. The fourth-order valence-corrected chi connectivity index (χ4v) is 2.74. The first kappa shape index (κ1) is 10.7. The van der Waals surface area contributed by atoms with E-state index in [-0.39, 0.29) is 5.92 Å². The molecule has 0 amide bonds. The van der Waals surface area contributed by atoms with E-state index >= 15 is 0 Å². The number of hydrogen-bond donors (Lipinski definition) is 0. The lowest BCUT2D eigenvalue weighted by Crippen LogP contribution is -2.12. The number of thiophene rings is 1. The summed E-state index contributed by atoms with van der Waals surface area (Å²) in [6.45, 7) is 0. The molecule has 4 nitrogen and oxygen atoms in total. The van der Waals surface area contributed by atoms with E-state index in [2.05, 4.69) is 10.1 Å². The molecular weight excluding hydrogens is 236 g/mol. The van der Waals surface area contributed by atoms with Gasteiger partial charge in [0.05, 0.1) is 4.88 Å². The standard InChI is InChI=1S/C12H12N2O2S/c15-9-5-3-8(4-6-9)12-13-11(14-16-12)10-2-1-7-17-10/h1-2,7-8H,3-6H2. The first-order chi connectivity index (χ1) is 8.33. The normalized spacial score (nSPS) is 17.5. The predicted molar refractivity (Wildman–Crippen MR) is 63.8 cm³/mol. The predicted octanol–water partition coefficient (Wildman–Crippen LogP) is 3.02. The molecule has 5 heteroatoms. The molecule has 0 saturated heterocycles. The summed E-state index contributed by atoms with van der Waals surface area (Å²) in [7, 11) is 0. The number of aromatic nitrogens is 2. The van der Waals surface area contributed by atoms with Gasteiger partial charge in [-0.1, -0.05) is 11.2 Å². The second-order valence-electron chi connectivity index (χ2n) is 4.25. The van der Waals surface area contributed by atoms with Crippen LogP contribution in [0.2, 0.25) is 0 Å². The van der Waals surface area contributed by atoms with Crippen LogP contribution in [-0.4, -0.2) is 15.9 Å². The summed E-state index contributed by atoms with van der Waals surface area (Å²) in [6, 6.07) is 3.94. The quantitative estimate of drug-likeness (QED) is 0.819. The molecule has 2 aromatic rings. The molecule has 2 heterocycles. The minimum absolute atomic E-state index is 0.258. The minimum atomic E-state index is 0.258. The molecule has 1 fully saturated rings. The highest BCUT2D eigenvalue weighted by Gasteiger charge is 2.25.